The fourth-order valence-electron chi connectivity index (χ4n) is 2.12. The van der Waals surface area contributed by atoms with Gasteiger partial charge >= 0.3 is 0 Å². The lowest BCUT2D eigenvalue weighted by Crippen LogP contribution is -2.37. The van der Waals surface area contributed by atoms with Crippen LogP contribution < -0.4 is 16.0 Å². The SMILES string of the molecule is Nc1ccccc1Nc1cc(Cl)nc(N2CCOCC2)n1. The molecule has 3 N–H and O–H groups in total. The van der Waals surface area contributed by atoms with Gasteiger partial charge in [0.15, 0.2) is 0 Å². The van der Waals surface area contributed by atoms with Crippen LogP contribution in [0.5, 0.6) is 0 Å². The van der Waals surface area contributed by atoms with E-state index in [1.807, 2.05) is 24.3 Å². The molecule has 0 spiro atoms. The number of nitrogen functional groups attached to an aromatic ring is 1. The molecule has 2 aromatic rings. The third kappa shape index (κ3) is 3.34. The third-order valence-corrected chi connectivity index (χ3v) is 3.39. The molecule has 1 aliphatic heterocycles. The van der Waals surface area contributed by atoms with Crippen LogP contribution in [-0.2, 0) is 4.74 Å². The summed E-state index contributed by atoms with van der Waals surface area (Å²) in [6.45, 7) is 2.86. The predicted octanol–water partition coefficient (Wildman–Crippen LogP) is 2.29. The van der Waals surface area contributed by atoms with Crippen molar-refractivity contribution in [3.05, 3.63) is 35.5 Å². The maximum Gasteiger partial charge on any atom is 0.228 e. The normalized spacial score (nSPS) is 15.0. The Morgan fingerprint density at radius 2 is 1.95 bits per heavy atom. The zero-order chi connectivity index (χ0) is 14.7. The molecule has 0 bridgehead atoms. The summed E-state index contributed by atoms with van der Waals surface area (Å²) in [7, 11) is 0. The highest BCUT2D eigenvalue weighted by atomic mass is 35.5. The highest BCUT2D eigenvalue weighted by Gasteiger charge is 2.15. The van der Waals surface area contributed by atoms with Crippen LogP contribution in [0.4, 0.5) is 23.1 Å². The molecule has 3 rings (SSSR count). The van der Waals surface area contributed by atoms with E-state index in [4.69, 9.17) is 22.1 Å². The maximum absolute atomic E-state index is 6.09. The summed E-state index contributed by atoms with van der Waals surface area (Å²) in [5.41, 5.74) is 7.37. The summed E-state index contributed by atoms with van der Waals surface area (Å²) >= 11 is 6.09. The average molecular weight is 306 g/mol. The highest BCUT2D eigenvalue weighted by molar-refractivity contribution is 6.29. The summed E-state index contributed by atoms with van der Waals surface area (Å²) in [5.74, 6) is 1.22. The number of hydrogen-bond donors (Lipinski definition) is 2. The molecule has 110 valence electrons. The molecular weight excluding hydrogens is 290 g/mol. The van der Waals surface area contributed by atoms with E-state index in [9.17, 15) is 0 Å². The van der Waals surface area contributed by atoms with Gasteiger partial charge in [-0.15, -0.1) is 0 Å². The second kappa shape index (κ2) is 6.15. The summed E-state index contributed by atoms with van der Waals surface area (Å²) in [6.07, 6.45) is 0. The molecule has 1 aromatic carbocycles. The van der Waals surface area contributed by atoms with E-state index in [-0.39, 0.29) is 0 Å². The summed E-state index contributed by atoms with van der Waals surface area (Å²) < 4.78 is 5.33. The van der Waals surface area contributed by atoms with Gasteiger partial charge in [-0.2, -0.15) is 4.98 Å². The van der Waals surface area contributed by atoms with Gasteiger partial charge in [0.05, 0.1) is 24.6 Å². The van der Waals surface area contributed by atoms with E-state index in [2.05, 4.69) is 20.2 Å². The number of benzene rings is 1. The zero-order valence-corrected chi connectivity index (χ0v) is 12.2. The van der Waals surface area contributed by atoms with Crippen LogP contribution in [0.2, 0.25) is 5.15 Å². The molecule has 6 nitrogen and oxygen atoms in total. The smallest absolute Gasteiger partial charge is 0.228 e. The van der Waals surface area contributed by atoms with E-state index < -0.39 is 0 Å². The molecular formula is C14H16ClN5O. The zero-order valence-electron chi connectivity index (χ0n) is 11.4. The van der Waals surface area contributed by atoms with Gasteiger partial charge in [0.25, 0.3) is 0 Å². The van der Waals surface area contributed by atoms with Crippen LogP contribution in [0, 0.1) is 0 Å². The molecule has 0 atom stereocenters. The van der Waals surface area contributed by atoms with Gasteiger partial charge in [0.1, 0.15) is 11.0 Å². The van der Waals surface area contributed by atoms with E-state index in [1.165, 1.54) is 0 Å². The van der Waals surface area contributed by atoms with Gasteiger partial charge in [-0.3, -0.25) is 0 Å². The Morgan fingerprint density at radius 1 is 1.19 bits per heavy atom. The fourth-order valence-corrected chi connectivity index (χ4v) is 2.30. The molecule has 0 radical (unpaired) electrons. The molecule has 0 aliphatic carbocycles. The van der Waals surface area contributed by atoms with Crippen LogP contribution in [0.3, 0.4) is 0 Å². The number of rotatable bonds is 3. The van der Waals surface area contributed by atoms with Crippen molar-refractivity contribution in [1.29, 1.82) is 0 Å². The Balaban J connectivity index is 1.85. The Hall–Kier alpha value is -2.05. The number of halogens is 1. The number of aromatic nitrogens is 2. The third-order valence-electron chi connectivity index (χ3n) is 3.20. The lowest BCUT2D eigenvalue weighted by Gasteiger charge is -2.27. The average Bonchev–Trinajstić information content (AvgIpc) is 2.50. The van der Waals surface area contributed by atoms with E-state index >= 15 is 0 Å². The van der Waals surface area contributed by atoms with Crippen molar-refractivity contribution in [1.82, 2.24) is 9.97 Å². The van der Waals surface area contributed by atoms with Gasteiger partial charge in [0.2, 0.25) is 5.95 Å². The van der Waals surface area contributed by atoms with Gasteiger partial charge in [-0.05, 0) is 12.1 Å². The Morgan fingerprint density at radius 3 is 2.71 bits per heavy atom. The molecule has 7 heteroatoms. The van der Waals surface area contributed by atoms with Gasteiger partial charge < -0.3 is 20.7 Å². The monoisotopic (exact) mass is 305 g/mol. The van der Waals surface area contributed by atoms with Crippen molar-refractivity contribution in [3.8, 4) is 0 Å². The highest BCUT2D eigenvalue weighted by Crippen LogP contribution is 2.24. The Kier molecular flexibility index (Phi) is 4.08. The number of nitrogens with zero attached hydrogens (tertiary/aromatic N) is 3. The number of morpholine rings is 1. The second-order valence-corrected chi connectivity index (χ2v) is 5.07. The van der Waals surface area contributed by atoms with Crippen molar-refractivity contribution in [2.24, 2.45) is 0 Å². The van der Waals surface area contributed by atoms with Crippen LogP contribution in [0.1, 0.15) is 0 Å². The standard InChI is InChI=1S/C14H16ClN5O/c15-12-9-13(17-11-4-2-1-3-10(11)16)19-14(18-12)20-5-7-21-8-6-20/h1-4,9H,5-8,16H2,(H,17,18,19). The van der Waals surface area contributed by atoms with Crippen molar-refractivity contribution in [2.75, 3.05) is 42.3 Å². The van der Waals surface area contributed by atoms with E-state index in [0.717, 1.165) is 18.8 Å². The number of para-hydroxylation sites is 2. The topological polar surface area (TPSA) is 76.3 Å². The first kappa shape index (κ1) is 13.9. The number of anilines is 4. The fraction of sp³-hybridized carbons (Fsp3) is 0.286. The van der Waals surface area contributed by atoms with Crippen LogP contribution in [0.25, 0.3) is 0 Å². The van der Waals surface area contributed by atoms with Crippen LogP contribution in [0.15, 0.2) is 30.3 Å². The lowest BCUT2D eigenvalue weighted by molar-refractivity contribution is 0.122. The van der Waals surface area contributed by atoms with Crippen LogP contribution in [-0.4, -0.2) is 36.3 Å². The predicted molar refractivity (Wildman–Crippen MR) is 84.2 cm³/mol. The summed E-state index contributed by atoms with van der Waals surface area (Å²) in [4.78, 5) is 10.8. The molecule has 1 aliphatic rings. The van der Waals surface area contributed by atoms with Crippen molar-refractivity contribution >= 4 is 34.7 Å². The first-order chi connectivity index (χ1) is 10.2. The van der Waals surface area contributed by atoms with Crippen molar-refractivity contribution < 1.29 is 4.74 Å². The van der Waals surface area contributed by atoms with E-state index in [1.54, 1.807) is 6.07 Å². The molecule has 1 fully saturated rings. The Labute approximate surface area is 127 Å². The van der Waals surface area contributed by atoms with Crippen LogP contribution >= 0.6 is 11.6 Å². The van der Waals surface area contributed by atoms with Gasteiger partial charge in [0, 0.05) is 19.2 Å². The molecule has 1 saturated heterocycles. The largest absolute Gasteiger partial charge is 0.397 e. The summed E-state index contributed by atoms with van der Waals surface area (Å²) in [6, 6.07) is 9.18. The number of hydrogen-bond acceptors (Lipinski definition) is 6. The van der Waals surface area contributed by atoms with Gasteiger partial charge in [-0.25, -0.2) is 4.98 Å². The molecule has 1 aromatic heterocycles. The molecule has 0 amide bonds. The second-order valence-electron chi connectivity index (χ2n) is 4.69. The molecule has 0 unspecified atom stereocenters. The summed E-state index contributed by atoms with van der Waals surface area (Å²) in [5, 5.41) is 3.57. The first-order valence-electron chi connectivity index (χ1n) is 6.71. The Bertz CT molecular complexity index is 631. The molecule has 21 heavy (non-hydrogen) atoms. The molecule has 2 heterocycles. The minimum absolute atomic E-state index is 0.392. The molecule has 0 saturated carbocycles. The number of nitrogens with one attached hydrogen (secondary N) is 1. The first-order valence-corrected chi connectivity index (χ1v) is 7.09. The number of ether oxygens (including phenoxy) is 1. The minimum atomic E-state index is 0.392. The quantitative estimate of drug-likeness (QED) is 0.669. The maximum atomic E-state index is 6.09. The van der Waals surface area contributed by atoms with Gasteiger partial charge in [-0.1, -0.05) is 23.7 Å². The lowest BCUT2D eigenvalue weighted by atomic mass is 10.3. The van der Waals surface area contributed by atoms with E-state index in [0.29, 0.717) is 35.8 Å². The number of nitrogens with two attached hydrogens (primary N) is 1. The van der Waals surface area contributed by atoms with Crippen molar-refractivity contribution in [2.45, 2.75) is 0 Å². The minimum Gasteiger partial charge on any atom is -0.397 e. The van der Waals surface area contributed by atoms with Crippen molar-refractivity contribution in [3.63, 3.8) is 0 Å².